The van der Waals surface area contributed by atoms with Crippen LogP contribution in [0.25, 0.3) is 0 Å². The van der Waals surface area contributed by atoms with Crippen molar-refractivity contribution in [3.05, 3.63) is 36.5 Å². The van der Waals surface area contributed by atoms with Crippen molar-refractivity contribution in [2.75, 3.05) is 0 Å². The summed E-state index contributed by atoms with van der Waals surface area (Å²) in [7, 11) is -1.90. The molecule has 9 heteroatoms. The molecule has 0 heterocycles. The Hall–Kier alpha value is -0.976. The molecule has 1 saturated carbocycles. The van der Waals surface area contributed by atoms with E-state index < -0.39 is 42.6 Å². The van der Waals surface area contributed by atoms with Crippen LogP contribution in [0, 0.1) is 23.7 Å². The molecule has 0 spiro atoms. The minimum absolute atomic E-state index is 0.0321. The summed E-state index contributed by atoms with van der Waals surface area (Å²) in [5.41, 5.74) is 0. The van der Waals surface area contributed by atoms with Crippen molar-refractivity contribution in [3.63, 3.8) is 0 Å². The van der Waals surface area contributed by atoms with Crippen LogP contribution in [-0.4, -0.2) is 70.8 Å². The van der Waals surface area contributed by atoms with Gasteiger partial charge >= 0.3 is 18.1 Å². The molecular weight excluding hydrogens is 703 g/mol. The molecule has 0 radical (unpaired) electrons. The van der Waals surface area contributed by atoms with Gasteiger partial charge < -0.3 is 10.2 Å². The summed E-state index contributed by atoms with van der Waals surface area (Å²) in [6.45, 7) is 16.7. The normalized spacial score (nSPS) is 25.2. The lowest BCUT2D eigenvalue weighted by molar-refractivity contribution is -0.118. The van der Waals surface area contributed by atoms with Crippen molar-refractivity contribution in [2.45, 2.75) is 213 Å². The number of aliphatic hydroxyl groups excluding tert-OH is 2. The van der Waals surface area contributed by atoms with Crippen LogP contribution in [0.5, 0.6) is 0 Å². The van der Waals surface area contributed by atoms with E-state index in [1.807, 2.05) is 19.2 Å². The van der Waals surface area contributed by atoms with Gasteiger partial charge in [-0.2, -0.15) is 0 Å². The first-order valence-electron chi connectivity index (χ1n) is 21.5. The molecular formula is C44H80F2O5Si2+2. The van der Waals surface area contributed by atoms with E-state index in [2.05, 4.69) is 65.1 Å². The molecule has 2 rings (SSSR count). The van der Waals surface area contributed by atoms with E-state index in [1.165, 1.54) is 25.7 Å². The van der Waals surface area contributed by atoms with Crippen molar-refractivity contribution >= 4 is 23.9 Å². The highest BCUT2D eigenvalue weighted by Crippen LogP contribution is 2.39. The maximum atomic E-state index is 14.6. The van der Waals surface area contributed by atoms with Gasteiger partial charge in [0.15, 0.2) is 5.78 Å². The van der Waals surface area contributed by atoms with Crippen LogP contribution in [0.15, 0.2) is 36.5 Å². The molecule has 0 amide bonds. The maximum absolute atomic E-state index is 14.6. The van der Waals surface area contributed by atoms with Crippen molar-refractivity contribution in [3.8, 4) is 0 Å². The molecule has 10 atom stereocenters. The van der Waals surface area contributed by atoms with Crippen LogP contribution < -0.4 is 0 Å². The Kier molecular flexibility index (Phi) is 28.5. The van der Waals surface area contributed by atoms with Gasteiger partial charge in [0.2, 0.25) is 0 Å². The molecule has 2 aliphatic rings. The Morgan fingerprint density at radius 2 is 1.17 bits per heavy atom. The fourth-order valence-electron chi connectivity index (χ4n) is 7.67. The lowest BCUT2D eigenvalue weighted by Gasteiger charge is -2.25. The van der Waals surface area contributed by atoms with Gasteiger partial charge in [-0.3, -0.25) is 4.79 Å². The molecule has 5 nitrogen and oxygen atoms in total. The minimum atomic E-state index is -0.970. The third-order valence-electron chi connectivity index (χ3n) is 10.8. The number of allylic oxidation sites excluding steroid dienone is 6. The van der Waals surface area contributed by atoms with Crippen LogP contribution in [0.1, 0.15) is 150 Å². The van der Waals surface area contributed by atoms with E-state index in [0.29, 0.717) is 32.1 Å². The largest absolute Gasteiger partial charge is 0.467 e. The van der Waals surface area contributed by atoms with E-state index in [1.54, 1.807) is 6.08 Å². The number of halogens is 2. The first-order valence-corrected chi connectivity index (χ1v) is 26.3. The monoisotopic (exact) mass is 783 g/mol. The molecule has 0 aromatic carbocycles. The Morgan fingerprint density at radius 1 is 0.698 bits per heavy atom. The highest BCUT2D eigenvalue weighted by molar-refractivity contribution is 6.48. The van der Waals surface area contributed by atoms with Crippen LogP contribution >= 0.6 is 0 Å². The van der Waals surface area contributed by atoms with Crippen LogP contribution in [0.2, 0.25) is 26.2 Å². The summed E-state index contributed by atoms with van der Waals surface area (Å²) >= 11 is 0. The van der Waals surface area contributed by atoms with Gasteiger partial charge in [0.1, 0.15) is 24.6 Å². The van der Waals surface area contributed by atoms with E-state index in [9.17, 15) is 23.8 Å². The van der Waals surface area contributed by atoms with Gasteiger partial charge in [0.25, 0.3) is 0 Å². The SMILES string of the molecule is CCCC/C=C\CC1C(=O)C=C[C@@H]1CCC(O[Si+](C)C)C(F)CCCC.CCCC/C=C\CC1C(O)CC(O)[C@@H]1CCC(O[Si+](C)C)C(F)CCCC. The zero-order chi connectivity index (χ0) is 39.6. The van der Waals surface area contributed by atoms with Gasteiger partial charge in [0.05, 0.1) is 38.4 Å². The maximum Gasteiger partial charge on any atom is 0.467 e. The Morgan fingerprint density at radius 3 is 1.66 bits per heavy atom. The predicted octanol–water partition coefficient (Wildman–Crippen LogP) is 11.9. The second-order valence-corrected chi connectivity index (χ2v) is 20.1. The first kappa shape index (κ1) is 50.0. The zero-order valence-corrected chi connectivity index (χ0v) is 37.0. The molecule has 0 aromatic heterocycles. The molecule has 0 aliphatic heterocycles. The molecule has 0 bridgehead atoms. The Bertz CT molecular complexity index is 1010. The number of rotatable bonds is 28. The summed E-state index contributed by atoms with van der Waals surface area (Å²) in [5, 5.41) is 20.8. The topological polar surface area (TPSA) is 76.0 Å². The van der Waals surface area contributed by atoms with Gasteiger partial charge in [-0.1, -0.05) is 109 Å². The number of ketones is 1. The molecule has 53 heavy (non-hydrogen) atoms. The standard InChI is InChI=1S/C22H42FO3Si.C22H38FO2Si/c1-5-7-9-10-11-12-17-18(21(25)16-20(17)24)14-15-22(26-27(3)4)19(23)13-8-6-2;1-5-7-9-10-11-12-19-18(14-16-21(19)24)15-17-22(25-26(3)4)20(23)13-8-6-2/h10-11,17-22,24-25H,5-9,12-16H2,1-4H3;10-11,14,16,18-20,22H,5-9,12-13,15,17H2,1-4H3/q2*+1/b2*11-10-/t17?,18-,19?,20?,21?,22?;18-,19?,20?,22?/m11/s1. The van der Waals surface area contributed by atoms with Crippen molar-refractivity contribution in [1.29, 1.82) is 0 Å². The summed E-state index contributed by atoms with van der Waals surface area (Å²) in [4.78, 5) is 12.2. The molecule has 0 saturated heterocycles. The average Bonchev–Trinajstić information content (AvgIpc) is 3.61. The lowest BCUT2D eigenvalue weighted by Crippen LogP contribution is -2.32. The van der Waals surface area contributed by atoms with E-state index in [0.717, 1.165) is 64.2 Å². The number of carbonyl (C=O) groups is 1. The third kappa shape index (κ3) is 21.2. The van der Waals surface area contributed by atoms with Gasteiger partial charge in [-0.25, -0.2) is 17.6 Å². The molecule has 2 N–H and O–H groups in total. The second-order valence-electron chi connectivity index (χ2n) is 16.0. The van der Waals surface area contributed by atoms with Gasteiger partial charge in [0, 0.05) is 5.92 Å². The minimum Gasteiger partial charge on any atom is -0.393 e. The summed E-state index contributed by atoms with van der Waals surface area (Å²) in [6.07, 6.45) is 25.8. The van der Waals surface area contributed by atoms with E-state index in [-0.39, 0.29) is 41.7 Å². The molecule has 8 unspecified atom stereocenters. The second kappa shape index (κ2) is 30.2. The smallest absolute Gasteiger partial charge is 0.393 e. The fraction of sp³-hybridized carbons (Fsp3) is 0.841. The van der Waals surface area contributed by atoms with E-state index >= 15 is 0 Å². The number of carbonyl (C=O) groups excluding carboxylic acids is 1. The summed E-state index contributed by atoms with van der Waals surface area (Å²) in [6, 6.07) is 0. The summed E-state index contributed by atoms with van der Waals surface area (Å²) < 4.78 is 41.1. The number of hydrogen-bond donors (Lipinski definition) is 2. The van der Waals surface area contributed by atoms with Crippen molar-refractivity contribution in [1.82, 2.24) is 0 Å². The molecule has 306 valence electrons. The van der Waals surface area contributed by atoms with Crippen molar-refractivity contribution < 1.29 is 32.6 Å². The van der Waals surface area contributed by atoms with Gasteiger partial charge in [-0.05, 0) is 94.5 Å². The highest BCUT2D eigenvalue weighted by Gasteiger charge is 2.42. The first-order chi connectivity index (χ1) is 25.4. The van der Waals surface area contributed by atoms with Crippen LogP contribution in [-0.2, 0) is 13.6 Å². The van der Waals surface area contributed by atoms with E-state index in [4.69, 9.17) is 8.85 Å². The molecule has 1 fully saturated rings. The number of aliphatic hydroxyl groups is 2. The van der Waals surface area contributed by atoms with Crippen LogP contribution in [0.4, 0.5) is 8.78 Å². The zero-order valence-electron chi connectivity index (χ0n) is 35.0. The average molecular weight is 783 g/mol. The van der Waals surface area contributed by atoms with Crippen LogP contribution in [0.3, 0.4) is 0 Å². The fourth-order valence-corrected chi connectivity index (χ4v) is 9.42. The quantitative estimate of drug-likeness (QED) is 0.0470. The summed E-state index contributed by atoms with van der Waals surface area (Å²) in [5.74, 6) is 0.596. The third-order valence-corrected chi connectivity index (χ3v) is 12.4. The number of alkyl halides is 2. The molecule has 2 aliphatic carbocycles. The molecule has 0 aromatic rings. The highest BCUT2D eigenvalue weighted by atomic mass is 28.3. The Labute approximate surface area is 328 Å². The van der Waals surface area contributed by atoms with Crippen molar-refractivity contribution in [2.24, 2.45) is 23.7 Å². The Balaban J connectivity index is 0.000000530. The number of unbranched alkanes of at least 4 members (excludes halogenated alkanes) is 6. The predicted molar refractivity (Wildman–Crippen MR) is 223 cm³/mol. The van der Waals surface area contributed by atoms with Gasteiger partial charge in [-0.15, -0.1) is 0 Å². The lowest BCUT2D eigenvalue weighted by atomic mass is 9.85. The number of hydrogen-bond acceptors (Lipinski definition) is 5.